The summed E-state index contributed by atoms with van der Waals surface area (Å²) in [6.45, 7) is 2.48. The van der Waals surface area contributed by atoms with Gasteiger partial charge in [-0.05, 0) is 42.9 Å². The van der Waals surface area contributed by atoms with Crippen LogP contribution in [0, 0.1) is 5.92 Å². The topological polar surface area (TPSA) is 114 Å². The van der Waals surface area contributed by atoms with E-state index < -0.39 is 35.1 Å². The van der Waals surface area contributed by atoms with E-state index in [1.807, 2.05) is 0 Å². The summed E-state index contributed by atoms with van der Waals surface area (Å²) in [7, 11) is 1.62. The lowest BCUT2D eigenvalue weighted by molar-refractivity contribution is -0.192. The number of hydrogen-bond acceptors (Lipinski definition) is 6. The zero-order valence-electron chi connectivity index (χ0n) is 23.1. The Hall–Kier alpha value is -3.82. The number of nitrogens with zero attached hydrogens (tertiary/aromatic N) is 5. The molecule has 2 N–H and O–H groups in total. The smallest absolute Gasteiger partial charge is 0.475 e. The number of anilines is 1. The second-order valence-electron chi connectivity index (χ2n) is 11.1. The predicted octanol–water partition coefficient (Wildman–Crippen LogP) is 3.51. The normalized spacial score (nSPS) is 20.9. The summed E-state index contributed by atoms with van der Waals surface area (Å²) in [5.74, 6) is -1.77. The number of rotatable bonds is 4. The van der Waals surface area contributed by atoms with Crippen molar-refractivity contribution in [1.82, 2.24) is 24.0 Å². The second-order valence-corrected chi connectivity index (χ2v) is 11.1. The number of aliphatic carboxylic acids is 1. The van der Waals surface area contributed by atoms with Crippen LogP contribution in [-0.2, 0) is 24.6 Å². The fourth-order valence-corrected chi connectivity index (χ4v) is 6.31. The maximum absolute atomic E-state index is 13.9. The number of fused-ring (bicyclic) bond motifs is 2. The Balaban J connectivity index is 0.000000472. The van der Waals surface area contributed by atoms with Crippen molar-refractivity contribution in [3.8, 4) is 0 Å². The van der Waals surface area contributed by atoms with Crippen molar-refractivity contribution < 1.29 is 36.2 Å². The van der Waals surface area contributed by atoms with Crippen LogP contribution >= 0.6 is 0 Å². The Morgan fingerprint density at radius 3 is 2.37 bits per heavy atom. The van der Waals surface area contributed by atoms with Crippen LogP contribution in [0.4, 0.5) is 32.3 Å². The van der Waals surface area contributed by atoms with E-state index in [-0.39, 0.29) is 29.8 Å². The highest BCUT2D eigenvalue weighted by molar-refractivity contribution is 5.75. The van der Waals surface area contributed by atoms with Crippen molar-refractivity contribution in [3.05, 3.63) is 56.2 Å². The van der Waals surface area contributed by atoms with Crippen LogP contribution in [0.3, 0.4) is 0 Å². The fraction of sp³-hybridized carbons (Fsp3) is 0.556. The van der Waals surface area contributed by atoms with Gasteiger partial charge in [0.25, 0.3) is 5.56 Å². The Bertz CT molecular complexity index is 1640. The average molecular weight is 617 g/mol. The molecule has 0 spiro atoms. The van der Waals surface area contributed by atoms with Gasteiger partial charge in [0.05, 0.1) is 12.1 Å². The summed E-state index contributed by atoms with van der Waals surface area (Å²) in [5, 5.41) is 10.5. The second kappa shape index (κ2) is 11.4. The first-order valence-corrected chi connectivity index (χ1v) is 13.8. The van der Waals surface area contributed by atoms with Crippen LogP contribution < -0.4 is 21.5 Å². The monoisotopic (exact) mass is 616 g/mol. The van der Waals surface area contributed by atoms with Gasteiger partial charge in [0.15, 0.2) is 11.2 Å². The summed E-state index contributed by atoms with van der Waals surface area (Å²) in [6, 6.07) is 5.20. The molecule has 2 aromatic heterocycles. The number of nitrogens with one attached hydrogen (secondary N) is 1. The molecule has 2 saturated heterocycles. The van der Waals surface area contributed by atoms with E-state index in [0.29, 0.717) is 17.4 Å². The minimum atomic E-state index is -5.08. The van der Waals surface area contributed by atoms with Crippen molar-refractivity contribution >= 4 is 23.1 Å². The molecule has 4 heterocycles. The SMILES string of the molecule is Cn1c(=O)n(C2CCCC2)c(=O)c2c1nc(N1CCC3CNCC31)n2Cc1cccc(C(F)(F)F)c1.O=C(O)C(F)(F)F. The van der Waals surface area contributed by atoms with E-state index in [1.165, 1.54) is 15.2 Å². The highest BCUT2D eigenvalue weighted by Crippen LogP contribution is 2.35. The molecule has 43 heavy (non-hydrogen) atoms. The number of hydrogen-bond donors (Lipinski definition) is 2. The molecule has 3 aliphatic rings. The van der Waals surface area contributed by atoms with Crippen molar-refractivity contribution in [2.75, 3.05) is 24.5 Å². The number of aromatic nitrogens is 4. The van der Waals surface area contributed by atoms with Gasteiger partial charge in [-0.15, -0.1) is 0 Å². The molecule has 0 amide bonds. The van der Waals surface area contributed by atoms with E-state index in [2.05, 4.69) is 10.2 Å². The number of imidazole rings is 1. The standard InChI is InChI=1S/C25H29F3N6O2.C2HF3O2/c1-31-21-20(22(35)34(24(31)36)18-7-2-3-8-18)33(14-15-5-4-6-17(11-15)25(26,27)28)23(30-21)32-10-9-16-12-29-13-19(16)32;3-2(4,5)1(6)7/h4-6,11,16,18-19,29H,2-3,7-10,12-14H2,1H3;(H,6,7). The van der Waals surface area contributed by atoms with Gasteiger partial charge in [-0.2, -0.15) is 31.3 Å². The molecule has 2 unspecified atom stereocenters. The van der Waals surface area contributed by atoms with E-state index in [0.717, 1.165) is 63.9 Å². The minimum absolute atomic E-state index is 0.0508. The number of alkyl halides is 6. The molecule has 0 bridgehead atoms. The van der Waals surface area contributed by atoms with Gasteiger partial charge >= 0.3 is 24.0 Å². The lowest BCUT2D eigenvalue weighted by Crippen LogP contribution is -2.41. The Morgan fingerprint density at radius 2 is 1.74 bits per heavy atom. The summed E-state index contributed by atoms with van der Waals surface area (Å²) >= 11 is 0. The van der Waals surface area contributed by atoms with Crippen molar-refractivity contribution in [2.24, 2.45) is 13.0 Å². The largest absolute Gasteiger partial charge is 0.490 e. The van der Waals surface area contributed by atoms with Crippen molar-refractivity contribution in [2.45, 2.75) is 63.1 Å². The number of aryl methyl sites for hydroxylation is 1. The molecule has 3 aromatic rings. The van der Waals surface area contributed by atoms with Crippen molar-refractivity contribution in [3.63, 3.8) is 0 Å². The molecule has 10 nitrogen and oxygen atoms in total. The molecule has 0 radical (unpaired) electrons. The molecule has 2 aliphatic heterocycles. The van der Waals surface area contributed by atoms with E-state index >= 15 is 0 Å². The minimum Gasteiger partial charge on any atom is -0.475 e. The number of carboxylic acids is 1. The molecule has 234 valence electrons. The summed E-state index contributed by atoms with van der Waals surface area (Å²) < 4.78 is 76.5. The highest BCUT2D eigenvalue weighted by Gasteiger charge is 2.41. The molecule has 1 aliphatic carbocycles. The van der Waals surface area contributed by atoms with Crippen LogP contribution in [0.2, 0.25) is 0 Å². The zero-order chi connectivity index (χ0) is 31.3. The number of carboxylic acid groups (broad SMARTS) is 1. The zero-order valence-corrected chi connectivity index (χ0v) is 23.1. The van der Waals surface area contributed by atoms with Gasteiger partial charge in [-0.25, -0.2) is 9.59 Å². The van der Waals surface area contributed by atoms with Crippen LogP contribution in [0.15, 0.2) is 33.9 Å². The van der Waals surface area contributed by atoms with Gasteiger partial charge in [0, 0.05) is 38.8 Å². The van der Waals surface area contributed by atoms with Crippen molar-refractivity contribution in [1.29, 1.82) is 0 Å². The van der Waals surface area contributed by atoms with Crippen LogP contribution in [0.5, 0.6) is 0 Å². The number of benzene rings is 1. The first-order valence-electron chi connectivity index (χ1n) is 13.8. The first-order chi connectivity index (χ1) is 20.2. The van der Waals surface area contributed by atoms with Crippen LogP contribution in [-0.4, -0.2) is 61.6 Å². The molecule has 1 aromatic carbocycles. The molecule has 1 saturated carbocycles. The Morgan fingerprint density at radius 1 is 1.07 bits per heavy atom. The molecule has 3 fully saturated rings. The molecular weight excluding hydrogens is 586 g/mol. The molecule has 6 rings (SSSR count). The Labute approximate surface area is 240 Å². The average Bonchev–Trinajstić information content (AvgIpc) is 3.72. The van der Waals surface area contributed by atoms with Crippen LogP contribution in [0.25, 0.3) is 11.2 Å². The molecule has 16 heteroatoms. The molecular formula is C27H30F6N6O4. The van der Waals surface area contributed by atoms with Gasteiger partial charge in [0.1, 0.15) is 0 Å². The number of halogens is 6. The lowest BCUT2D eigenvalue weighted by Gasteiger charge is -2.25. The van der Waals surface area contributed by atoms with E-state index in [1.54, 1.807) is 17.7 Å². The number of carbonyl (C=O) groups is 1. The fourth-order valence-electron chi connectivity index (χ4n) is 6.31. The van der Waals surface area contributed by atoms with Crippen LogP contribution in [0.1, 0.15) is 49.3 Å². The molecule has 2 atom stereocenters. The third-order valence-electron chi connectivity index (χ3n) is 8.39. The van der Waals surface area contributed by atoms with E-state index in [9.17, 15) is 35.9 Å². The maximum Gasteiger partial charge on any atom is 0.490 e. The van der Waals surface area contributed by atoms with E-state index in [4.69, 9.17) is 14.9 Å². The lowest BCUT2D eigenvalue weighted by atomic mass is 10.1. The first kappa shape index (κ1) is 30.6. The quantitative estimate of drug-likeness (QED) is 0.432. The predicted molar refractivity (Wildman–Crippen MR) is 143 cm³/mol. The maximum atomic E-state index is 13.9. The van der Waals surface area contributed by atoms with Gasteiger partial charge in [0.2, 0.25) is 5.95 Å². The van der Waals surface area contributed by atoms with Gasteiger partial charge in [-0.3, -0.25) is 18.5 Å². The summed E-state index contributed by atoms with van der Waals surface area (Å²) in [6.07, 6.45) is -5.15. The van der Waals surface area contributed by atoms with Gasteiger partial charge in [-0.1, -0.05) is 25.0 Å². The summed E-state index contributed by atoms with van der Waals surface area (Å²) in [4.78, 5) is 43.0. The summed E-state index contributed by atoms with van der Waals surface area (Å²) in [5.41, 5.74) is -0.571. The third kappa shape index (κ3) is 5.88. The van der Waals surface area contributed by atoms with Gasteiger partial charge < -0.3 is 15.3 Å². The highest BCUT2D eigenvalue weighted by atomic mass is 19.4. The third-order valence-corrected chi connectivity index (χ3v) is 8.39. The Kier molecular flexibility index (Phi) is 8.09.